The van der Waals surface area contributed by atoms with Gasteiger partial charge in [0.2, 0.25) is 40.0 Å². The highest BCUT2D eigenvalue weighted by Crippen LogP contribution is 2.40. The predicted molar refractivity (Wildman–Crippen MR) is 325 cm³/mol. The van der Waals surface area contributed by atoms with E-state index in [-0.39, 0.29) is 22.0 Å². The van der Waals surface area contributed by atoms with Gasteiger partial charge in [-0.25, -0.2) is 30.0 Å². The second-order valence-corrected chi connectivity index (χ2v) is 24.8. The Labute approximate surface area is 476 Å². The van der Waals surface area contributed by atoms with Crippen molar-refractivity contribution in [3.8, 4) is 67.5 Å². The standard InChI is InChI=1S/3C13H11BFNO4S.C13H12BNO4S/c1-21(19)16-12-5-2-8(6-13(12)20-21)10-7-9(14(17)18)3-4-11(10)15;1-21(19)16-12-5-3-9(7-13(12)20-21)8-2-4-11(15)10(6-8)14(17)18;1-21(19)16-12-3-2-8(6-13(12)20-21)9-4-10(14(17)18)7-11(15)5-9;1-20(18)15-12-6-5-10(8-13(12)19-20)9-3-2-4-11(7-9)14(16)17/h3*2-7,17-18H,1H2,(H,16,19);2-8,16-17H,1H2,(H,15,18). The van der Waals surface area contributed by atoms with E-state index >= 15 is 0 Å². The van der Waals surface area contributed by atoms with E-state index in [0.29, 0.717) is 79.0 Å². The average molecular weight is 1210 g/mol. The van der Waals surface area contributed by atoms with Gasteiger partial charge in [0.05, 0.1) is 22.7 Å². The number of anilines is 4. The van der Waals surface area contributed by atoms with Crippen LogP contribution in [-0.2, 0) is 40.0 Å². The van der Waals surface area contributed by atoms with Gasteiger partial charge in [0.1, 0.15) is 17.5 Å². The molecule has 4 unspecified atom stereocenters. The molecule has 31 heteroatoms. The van der Waals surface area contributed by atoms with Crippen LogP contribution < -0.4 is 57.5 Å². The maximum atomic E-state index is 13.9. The molecular formula is C52H45B4F3N4O16S4. The van der Waals surface area contributed by atoms with Crippen LogP contribution in [0.25, 0.3) is 44.5 Å². The first-order valence-electron chi connectivity index (χ1n) is 23.9. The molecule has 0 aromatic heterocycles. The van der Waals surface area contributed by atoms with Crippen molar-refractivity contribution in [2.45, 2.75) is 0 Å². The van der Waals surface area contributed by atoms with E-state index in [1.165, 1.54) is 42.5 Å². The van der Waals surface area contributed by atoms with E-state index in [4.69, 9.17) is 46.9 Å². The van der Waals surface area contributed by atoms with Crippen LogP contribution in [-0.4, -0.2) is 109 Å². The zero-order valence-corrected chi connectivity index (χ0v) is 45.9. The Morgan fingerprint density at radius 1 is 0.349 bits per heavy atom. The molecule has 0 amide bonds. The van der Waals surface area contributed by atoms with Gasteiger partial charge in [-0.3, -0.25) is 18.9 Å². The molecule has 0 aliphatic carbocycles. The molecule has 8 aromatic carbocycles. The highest BCUT2D eigenvalue weighted by atomic mass is 32.2. The Kier molecular flexibility index (Phi) is 16.7. The number of halogens is 3. The van der Waals surface area contributed by atoms with Gasteiger partial charge >= 0.3 is 28.5 Å². The zero-order valence-electron chi connectivity index (χ0n) is 42.7. The summed E-state index contributed by atoms with van der Waals surface area (Å²) in [5.41, 5.74) is 7.22. The maximum absolute atomic E-state index is 13.9. The third-order valence-corrected chi connectivity index (χ3v) is 16.1. The highest BCUT2D eigenvalue weighted by Gasteiger charge is 2.26. The van der Waals surface area contributed by atoms with Crippen LogP contribution in [0.3, 0.4) is 0 Å². The normalized spacial score (nSPS) is 19.7. The molecule has 4 aliphatic rings. The van der Waals surface area contributed by atoms with Crippen molar-refractivity contribution in [1.29, 1.82) is 0 Å². The van der Waals surface area contributed by atoms with Crippen LogP contribution in [0.4, 0.5) is 35.9 Å². The fourth-order valence-electron chi connectivity index (χ4n) is 8.39. The minimum Gasteiger partial charge on any atom is -0.423 e. The summed E-state index contributed by atoms with van der Waals surface area (Å²) in [4.78, 5) is 0. The Morgan fingerprint density at radius 2 is 0.711 bits per heavy atom. The summed E-state index contributed by atoms with van der Waals surface area (Å²) in [6, 6.07) is 38.4. The number of hydrogen-bond donors (Lipinski definition) is 12. The van der Waals surface area contributed by atoms with E-state index in [9.17, 15) is 40.1 Å². The average Bonchev–Trinajstić information content (AvgIpc) is 3.90. The van der Waals surface area contributed by atoms with Crippen LogP contribution in [0.2, 0.25) is 0 Å². The Bertz CT molecular complexity index is 4340. The lowest BCUT2D eigenvalue weighted by molar-refractivity contribution is 0.422. The van der Waals surface area contributed by atoms with Gasteiger partial charge < -0.3 is 56.9 Å². The van der Waals surface area contributed by atoms with Crippen molar-refractivity contribution < 1.29 is 86.9 Å². The predicted octanol–water partition coefficient (Wildman–Crippen LogP) is 1.95. The molecule has 4 atom stereocenters. The molecule has 0 saturated carbocycles. The number of rotatable bonds is 8. The van der Waals surface area contributed by atoms with Crippen molar-refractivity contribution in [3.05, 3.63) is 169 Å². The Balaban J connectivity index is 0.000000133. The molecule has 20 nitrogen and oxygen atoms in total. The summed E-state index contributed by atoms with van der Waals surface area (Å²) >= 11 is 0. The summed E-state index contributed by atoms with van der Waals surface area (Å²) in [6.07, 6.45) is 0. The summed E-state index contributed by atoms with van der Waals surface area (Å²) in [6.45, 7) is 0. The lowest BCUT2D eigenvalue weighted by Crippen LogP contribution is -2.32. The van der Waals surface area contributed by atoms with Crippen LogP contribution in [0.5, 0.6) is 23.0 Å². The van der Waals surface area contributed by atoms with Crippen LogP contribution in [0.1, 0.15) is 0 Å². The Hall–Kier alpha value is -8.03. The van der Waals surface area contributed by atoms with Gasteiger partial charge in [-0.2, -0.15) is 0 Å². The van der Waals surface area contributed by atoms with Gasteiger partial charge in [-0.1, -0.05) is 78.9 Å². The smallest absolute Gasteiger partial charge is 0.423 e. The maximum Gasteiger partial charge on any atom is 0.491 e. The minimum atomic E-state index is -2.86. The second kappa shape index (κ2) is 23.3. The van der Waals surface area contributed by atoms with E-state index in [0.717, 1.165) is 29.3 Å². The van der Waals surface area contributed by atoms with Crippen molar-refractivity contribution in [3.63, 3.8) is 0 Å². The number of nitrogens with one attached hydrogen (secondary N) is 4. The van der Waals surface area contributed by atoms with Crippen LogP contribution >= 0.6 is 0 Å². The summed E-state index contributed by atoms with van der Waals surface area (Å²) in [5.74, 6) is 13.4. The van der Waals surface area contributed by atoms with Gasteiger partial charge in [-0.15, -0.1) is 0 Å². The third kappa shape index (κ3) is 14.3. The molecule has 8 aromatic rings. The number of benzene rings is 8. The zero-order chi connectivity index (χ0) is 59.9. The van der Waals surface area contributed by atoms with Crippen molar-refractivity contribution in [2.24, 2.45) is 0 Å². The molecule has 0 saturated heterocycles. The molecule has 4 aliphatic heterocycles. The molecule has 0 radical (unpaired) electrons. The highest BCUT2D eigenvalue weighted by molar-refractivity contribution is 7.98. The molecular weight excluding hydrogens is 1170 g/mol. The van der Waals surface area contributed by atoms with E-state index in [1.54, 1.807) is 78.9 Å². The molecule has 83 heavy (non-hydrogen) atoms. The fourth-order valence-corrected chi connectivity index (χ4v) is 12.3. The quantitative estimate of drug-likeness (QED) is 0.0765. The molecule has 0 spiro atoms. The minimum absolute atomic E-state index is 0.0468. The first kappa shape index (κ1) is 59.6. The van der Waals surface area contributed by atoms with Crippen LogP contribution in [0, 0.1) is 17.5 Å². The monoisotopic (exact) mass is 1210 g/mol. The van der Waals surface area contributed by atoms with Gasteiger partial charge in [0.25, 0.3) is 0 Å². The van der Waals surface area contributed by atoms with Gasteiger partial charge in [0.15, 0.2) is 23.0 Å². The SMILES string of the molecule is C=S1(=O)Nc2ccc(-c3cc(B(O)O)ccc3F)cc2O1.C=S1(=O)Nc2ccc(-c3cc(F)cc(B(O)O)c3)cc2O1.C=S1(=O)Nc2ccc(-c3ccc(F)c(B(O)O)c3)cc2O1.C=S1(=O)Nc2ccc(-c3cccc(B(O)O)c3)cc2O1. The third-order valence-electron chi connectivity index (χ3n) is 12.2. The first-order valence-corrected chi connectivity index (χ1v) is 30.5. The number of fused-ring (bicyclic) bond motifs is 4. The summed E-state index contributed by atoms with van der Waals surface area (Å²) < 4.78 is 119. The van der Waals surface area contributed by atoms with Gasteiger partial charge in [-0.05, 0) is 128 Å². The molecule has 12 N–H and O–H groups in total. The van der Waals surface area contributed by atoms with Crippen LogP contribution in [0.15, 0.2) is 152 Å². The summed E-state index contributed by atoms with van der Waals surface area (Å²) in [5, 5.41) is 73.3. The van der Waals surface area contributed by atoms with E-state index in [2.05, 4.69) is 42.4 Å². The molecule has 0 fully saturated rings. The Morgan fingerprint density at radius 3 is 1.16 bits per heavy atom. The number of hydrogen-bond acceptors (Lipinski definition) is 16. The molecule has 4 heterocycles. The molecule has 426 valence electrons. The lowest BCUT2D eigenvalue weighted by atomic mass is 9.78. The molecule has 12 rings (SSSR count). The summed E-state index contributed by atoms with van der Waals surface area (Å²) in [7, 11) is -18.1. The lowest BCUT2D eigenvalue weighted by Gasteiger charge is -2.07. The largest absolute Gasteiger partial charge is 0.491 e. The van der Waals surface area contributed by atoms with Gasteiger partial charge in [0, 0.05) is 34.5 Å². The second-order valence-electron chi connectivity index (χ2n) is 18.4. The van der Waals surface area contributed by atoms with E-state index < -0.39 is 85.9 Å². The van der Waals surface area contributed by atoms with Crippen molar-refractivity contribution >= 4 is 137 Å². The van der Waals surface area contributed by atoms with Crippen molar-refractivity contribution in [2.75, 3.05) is 18.9 Å². The molecule has 0 bridgehead atoms. The first-order chi connectivity index (χ1) is 39.0. The topological polar surface area (TPSA) is 315 Å². The fraction of sp³-hybridized carbons (Fsp3) is 0. The van der Waals surface area contributed by atoms with E-state index in [1.807, 2.05) is 12.1 Å². The van der Waals surface area contributed by atoms with Crippen molar-refractivity contribution in [1.82, 2.24) is 0 Å².